The van der Waals surface area contributed by atoms with E-state index in [2.05, 4.69) is 10.2 Å². The fraction of sp³-hybridized carbons (Fsp3) is 0. The van der Waals surface area contributed by atoms with Gasteiger partial charge in [0.15, 0.2) is 0 Å². The Morgan fingerprint density at radius 2 is 1.50 bits per heavy atom. The van der Waals surface area contributed by atoms with Crippen LogP contribution in [0.2, 0.25) is 0 Å². The van der Waals surface area contributed by atoms with Crippen molar-refractivity contribution in [1.82, 2.24) is 0 Å². The van der Waals surface area contributed by atoms with Crippen LogP contribution in [0.5, 0.6) is 0 Å². The summed E-state index contributed by atoms with van der Waals surface area (Å²) >= 11 is 0. The molecule has 2 rings (SSSR count). The molecule has 0 aliphatic rings. The highest BCUT2D eigenvalue weighted by Crippen LogP contribution is 2.21. The molecule has 0 bridgehead atoms. The summed E-state index contributed by atoms with van der Waals surface area (Å²) in [4.78, 5) is 0. The average Bonchev–Trinajstić information content (AvgIpc) is 2.38. The molecule has 0 unspecified atom stereocenters. The van der Waals surface area contributed by atoms with E-state index in [1.165, 1.54) is 18.3 Å². The molecule has 20 heavy (non-hydrogen) atoms. The highest BCUT2D eigenvalue weighted by Gasteiger charge is 2.03. The molecular weight excluding hydrogens is 262 g/mol. The first kappa shape index (κ1) is 13.7. The number of hydrogen-bond acceptors (Lipinski definition) is 2. The summed E-state index contributed by atoms with van der Waals surface area (Å²) in [6, 6.07) is 10.3. The van der Waals surface area contributed by atoms with Crippen LogP contribution >= 0.6 is 0 Å². The molecule has 0 saturated heterocycles. The van der Waals surface area contributed by atoms with Crippen LogP contribution in [0, 0.1) is 11.6 Å². The van der Waals surface area contributed by atoms with E-state index in [4.69, 9.17) is 11.5 Å². The van der Waals surface area contributed by atoms with Crippen LogP contribution in [0.15, 0.2) is 52.7 Å². The number of nitrogens with zero attached hydrogens (tertiary/aromatic N) is 2. The lowest BCUT2D eigenvalue weighted by atomic mass is 10.0. The normalized spacial score (nSPS) is 10.7. The minimum absolute atomic E-state index is 0.131. The van der Waals surface area contributed by atoms with Gasteiger partial charge in [0, 0.05) is 6.07 Å². The average molecular weight is 274 g/mol. The van der Waals surface area contributed by atoms with E-state index >= 15 is 0 Å². The fourth-order valence-electron chi connectivity index (χ4n) is 1.64. The topological polar surface area (TPSA) is 76.8 Å². The SMILES string of the molecule is NC(N)=NN=Cc1ccc(-c2cc(F)cc(F)c2)cc1. The summed E-state index contributed by atoms with van der Waals surface area (Å²) in [6.07, 6.45) is 1.47. The molecule has 0 amide bonds. The Hall–Kier alpha value is -2.76. The molecule has 0 saturated carbocycles. The van der Waals surface area contributed by atoms with Crippen LogP contribution in [-0.2, 0) is 0 Å². The van der Waals surface area contributed by atoms with Gasteiger partial charge in [-0.3, -0.25) is 0 Å². The lowest BCUT2D eigenvalue weighted by Gasteiger charge is -2.03. The highest BCUT2D eigenvalue weighted by molar-refractivity contribution is 5.82. The molecule has 0 aliphatic carbocycles. The number of guanidine groups is 1. The second-order valence-corrected chi connectivity index (χ2v) is 4.05. The van der Waals surface area contributed by atoms with Gasteiger partial charge >= 0.3 is 0 Å². The number of rotatable bonds is 3. The predicted molar refractivity (Wildman–Crippen MR) is 75.2 cm³/mol. The third-order valence-corrected chi connectivity index (χ3v) is 2.49. The number of halogens is 2. The summed E-state index contributed by atoms with van der Waals surface area (Å²) in [5.41, 5.74) is 12.2. The van der Waals surface area contributed by atoms with Crippen molar-refractivity contribution in [3.8, 4) is 11.1 Å². The second-order valence-electron chi connectivity index (χ2n) is 4.05. The minimum Gasteiger partial charge on any atom is -0.369 e. The number of nitrogens with two attached hydrogens (primary N) is 2. The molecule has 2 aromatic rings. The Kier molecular flexibility index (Phi) is 4.05. The molecule has 0 atom stereocenters. The van der Waals surface area contributed by atoms with E-state index in [1.54, 1.807) is 24.3 Å². The van der Waals surface area contributed by atoms with Crippen molar-refractivity contribution in [1.29, 1.82) is 0 Å². The van der Waals surface area contributed by atoms with Crippen LogP contribution < -0.4 is 11.5 Å². The van der Waals surface area contributed by atoms with Crippen molar-refractivity contribution >= 4 is 12.2 Å². The second kappa shape index (κ2) is 5.92. The molecule has 102 valence electrons. The largest absolute Gasteiger partial charge is 0.369 e. The molecule has 0 radical (unpaired) electrons. The van der Waals surface area contributed by atoms with E-state index in [-0.39, 0.29) is 5.96 Å². The third-order valence-electron chi connectivity index (χ3n) is 2.49. The Morgan fingerprint density at radius 1 is 0.900 bits per heavy atom. The van der Waals surface area contributed by atoms with Gasteiger partial charge in [-0.15, -0.1) is 5.10 Å². The zero-order chi connectivity index (χ0) is 14.5. The van der Waals surface area contributed by atoms with Crippen molar-refractivity contribution in [2.45, 2.75) is 0 Å². The Morgan fingerprint density at radius 3 is 2.05 bits per heavy atom. The van der Waals surface area contributed by atoms with Gasteiger partial charge in [-0.05, 0) is 28.8 Å². The fourth-order valence-corrected chi connectivity index (χ4v) is 1.64. The lowest BCUT2D eigenvalue weighted by Crippen LogP contribution is -2.21. The maximum Gasteiger partial charge on any atom is 0.211 e. The lowest BCUT2D eigenvalue weighted by molar-refractivity contribution is 0.584. The Labute approximate surface area is 114 Å². The maximum absolute atomic E-state index is 13.1. The predicted octanol–water partition coefficient (Wildman–Crippen LogP) is 2.24. The van der Waals surface area contributed by atoms with Crippen molar-refractivity contribution in [3.63, 3.8) is 0 Å². The van der Waals surface area contributed by atoms with Crippen LogP contribution in [0.1, 0.15) is 5.56 Å². The summed E-state index contributed by atoms with van der Waals surface area (Å²) in [6.45, 7) is 0. The van der Waals surface area contributed by atoms with Gasteiger partial charge in [0.1, 0.15) is 11.6 Å². The van der Waals surface area contributed by atoms with E-state index in [1.807, 2.05) is 0 Å². The molecule has 0 aromatic heterocycles. The molecule has 0 aliphatic heterocycles. The van der Waals surface area contributed by atoms with Gasteiger partial charge in [-0.1, -0.05) is 24.3 Å². The van der Waals surface area contributed by atoms with Crippen molar-refractivity contribution < 1.29 is 8.78 Å². The minimum atomic E-state index is -0.613. The van der Waals surface area contributed by atoms with Crippen LogP contribution in [0.4, 0.5) is 8.78 Å². The van der Waals surface area contributed by atoms with E-state index in [0.717, 1.165) is 11.6 Å². The molecule has 0 spiro atoms. The first-order chi connectivity index (χ1) is 9.54. The van der Waals surface area contributed by atoms with E-state index in [0.29, 0.717) is 11.1 Å². The quantitative estimate of drug-likeness (QED) is 0.511. The first-order valence-electron chi connectivity index (χ1n) is 5.73. The Balaban J connectivity index is 2.23. The molecule has 0 heterocycles. The zero-order valence-electron chi connectivity index (χ0n) is 10.4. The van der Waals surface area contributed by atoms with E-state index in [9.17, 15) is 8.78 Å². The summed E-state index contributed by atoms with van der Waals surface area (Å²) < 4.78 is 26.3. The van der Waals surface area contributed by atoms with Gasteiger partial charge in [-0.25, -0.2) is 8.78 Å². The van der Waals surface area contributed by atoms with Crippen LogP contribution in [0.3, 0.4) is 0 Å². The number of benzene rings is 2. The van der Waals surface area contributed by atoms with Crippen molar-refractivity contribution in [2.75, 3.05) is 0 Å². The summed E-state index contributed by atoms with van der Waals surface area (Å²) in [5, 5.41) is 7.13. The monoisotopic (exact) mass is 274 g/mol. The standard InChI is InChI=1S/C14H12F2N4/c15-12-5-11(6-13(16)7-12)10-3-1-9(2-4-10)8-19-20-14(17)18/h1-8H,(H4,17,18,20). The van der Waals surface area contributed by atoms with Gasteiger partial charge in [-0.2, -0.15) is 5.10 Å². The molecule has 0 fully saturated rings. The van der Waals surface area contributed by atoms with Crippen LogP contribution in [0.25, 0.3) is 11.1 Å². The van der Waals surface area contributed by atoms with Gasteiger partial charge in [0.05, 0.1) is 6.21 Å². The molecule has 6 heteroatoms. The van der Waals surface area contributed by atoms with Gasteiger partial charge in [0.2, 0.25) is 5.96 Å². The van der Waals surface area contributed by atoms with E-state index < -0.39 is 11.6 Å². The summed E-state index contributed by atoms with van der Waals surface area (Å²) in [7, 11) is 0. The first-order valence-corrected chi connectivity index (χ1v) is 5.73. The third kappa shape index (κ3) is 3.61. The maximum atomic E-state index is 13.1. The zero-order valence-corrected chi connectivity index (χ0v) is 10.4. The smallest absolute Gasteiger partial charge is 0.211 e. The van der Waals surface area contributed by atoms with Crippen LogP contribution in [-0.4, -0.2) is 12.2 Å². The summed E-state index contributed by atoms with van der Waals surface area (Å²) in [5.74, 6) is -1.36. The molecular formula is C14H12F2N4. The molecule has 4 nitrogen and oxygen atoms in total. The van der Waals surface area contributed by atoms with Crippen molar-refractivity contribution in [3.05, 3.63) is 59.7 Å². The molecule has 4 N–H and O–H groups in total. The molecule has 2 aromatic carbocycles. The Bertz CT molecular complexity index is 639. The van der Waals surface area contributed by atoms with Gasteiger partial charge < -0.3 is 11.5 Å². The van der Waals surface area contributed by atoms with Gasteiger partial charge in [0.25, 0.3) is 0 Å². The van der Waals surface area contributed by atoms with Crippen molar-refractivity contribution in [2.24, 2.45) is 21.7 Å². The number of hydrogen-bond donors (Lipinski definition) is 2. The highest BCUT2D eigenvalue weighted by atomic mass is 19.1.